The van der Waals surface area contributed by atoms with Crippen LogP contribution in [0.2, 0.25) is 0 Å². The highest BCUT2D eigenvalue weighted by atomic mass is 32.1. The topological polar surface area (TPSA) is 66.6 Å². The molecule has 2 aromatic heterocycles. The van der Waals surface area contributed by atoms with Gasteiger partial charge in [-0.25, -0.2) is 4.98 Å². The molecule has 0 spiro atoms. The number of rotatable bonds is 3. The zero-order chi connectivity index (χ0) is 15.0. The zero-order valence-corrected chi connectivity index (χ0v) is 12.9. The monoisotopic (exact) mass is 306 g/mol. The zero-order valence-electron chi connectivity index (χ0n) is 12.1. The maximum absolute atomic E-state index is 12.6. The van der Waals surface area contributed by atoms with Gasteiger partial charge in [0, 0.05) is 6.54 Å². The number of hydrogen-bond acceptors (Lipinski definition) is 5. The Balaban J connectivity index is 1.89. The van der Waals surface area contributed by atoms with Crippen LogP contribution in [0.15, 0.2) is 16.5 Å². The second-order valence-electron chi connectivity index (χ2n) is 5.32. The largest absolute Gasteiger partial charge is 0.459 e. The van der Waals surface area contributed by atoms with Gasteiger partial charge in [-0.2, -0.15) is 0 Å². The SMILES string of the molecule is Cc1ccc(-c2nc(C)c(C(=O)N3CCC[C@@H]3CO)s2)o1. The minimum atomic E-state index is -0.0618. The number of carbonyl (C=O) groups is 1. The number of aliphatic hydroxyl groups excluding tert-OH is 1. The number of aliphatic hydroxyl groups is 1. The smallest absolute Gasteiger partial charge is 0.266 e. The standard InChI is InChI=1S/C15H18N2O3S/c1-9-5-6-12(20-9)14-16-10(2)13(21-14)15(19)17-7-3-4-11(17)8-18/h5-6,11,18H,3-4,7-8H2,1-2H3/t11-/m1/s1. The fourth-order valence-corrected chi connectivity index (χ4v) is 3.66. The Morgan fingerprint density at radius 3 is 3.00 bits per heavy atom. The van der Waals surface area contributed by atoms with Crippen molar-refractivity contribution in [2.24, 2.45) is 0 Å². The first-order valence-corrected chi connectivity index (χ1v) is 7.88. The van der Waals surface area contributed by atoms with Gasteiger partial charge in [-0.3, -0.25) is 4.79 Å². The fourth-order valence-electron chi connectivity index (χ4n) is 2.67. The van der Waals surface area contributed by atoms with Gasteiger partial charge in [0.25, 0.3) is 5.91 Å². The molecule has 0 saturated carbocycles. The van der Waals surface area contributed by atoms with Crippen molar-refractivity contribution in [1.29, 1.82) is 0 Å². The van der Waals surface area contributed by atoms with E-state index >= 15 is 0 Å². The molecule has 0 aromatic carbocycles. The van der Waals surface area contributed by atoms with E-state index < -0.39 is 0 Å². The number of likely N-dealkylation sites (tertiary alicyclic amines) is 1. The summed E-state index contributed by atoms with van der Waals surface area (Å²) >= 11 is 1.36. The molecule has 112 valence electrons. The van der Waals surface area contributed by atoms with Crippen molar-refractivity contribution in [3.63, 3.8) is 0 Å². The average molecular weight is 306 g/mol. The molecule has 3 heterocycles. The summed E-state index contributed by atoms with van der Waals surface area (Å²) in [5, 5.41) is 10.1. The molecule has 1 N–H and O–H groups in total. The molecule has 21 heavy (non-hydrogen) atoms. The lowest BCUT2D eigenvalue weighted by Gasteiger charge is -2.22. The van der Waals surface area contributed by atoms with Gasteiger partial charge in [-0.1, -0.05) is 0 Å². The number of hydrogen-bond donors (Lipinski definition) is 1. The molecule has 0 aliphatic carbocycles. The van der Waals surface area contributed by atoms with E-state index in [-0.39, 0.29) is 18.6 Å². The van der Waals surface area contributed by atoms with Crippen molar-refractivity contribution < 1.29 is 14.3 Å². The van der Waals surface area contributed by atoms with E-state index in [0.717, 1.165) is 29.3 Å². The van der Waals surface area contributed by atoms with Gasteiger partial charge in [0.2, 0.25) is 0 Å². The maximum atomic E-state index is 12.6. The van der Waals surface area contributed by atoms with Gasteiger partial charge in [-0.15, -0.1) is 11.3 Å². The van der Waals surface area contributed by atoms with Gasteiger partial charge < -0.3 is 14.4 Å². The van der Waals surface area contributed by atoms with Crippen molar-refractivity contribution >= 4 is 17.2 Å². The summed E-state index contributed by atoms with van der Waals surface area (Å²) in [4.78, 5) is 19.5. The Morgan fingerprint density at radius 1 is 1.52 bits per heavy atom. The molecule has 1 saturated heterocycles. The number of aromatic nitrogens is 1. The number of aryl methyl sites for hydroxylation is 2. The Morgan fingerprint density at radius 2 is 2.33 bits per heavy atom. The fraction of sp³-hybridized carbons (Fsp3) is 0.467. The highest BCUT2D eigenvalue weighted by molar-refractivity contribution is 7.17. The van der Waals surface area contributed by atoms with Crippen LogP contribution in [-0.2, 0) is 0 Å². The highest BCUT2D eigenvalue weighted by Crippen LogP contribution is 2.31. The first-order chi connectivity index (χ1) is 10.1. The molecule has 0 unspecified atom stereocenters. The van der Waals surface area contributed by atoms with Crippen molar-refractivity contribution in [2.45, 2.75) is 32.7 Å². The van der Waals surface area contributed by atoms with E-state index in [1.165, 1.54) is 11.3 Å². The second kappa shape index (κ2) is 5.61. The molecule has 1 aliphatic heterocycles. The van der Waals surface area contributed by atoms with Gasteiger partial charge in [-0.05, 0) is 38.8 Å². The summed E-state index contributed by atoms with van der Waals surface area (Å²) in [5.74, 6) is 1.49. The van der Waals surface area contributed by atoms with Crippen LogP contribution >= 0.6 is 11.3 Å². The van der Waals surface area contributed by atoms with Crippen LogP contribution in [0.5, 0.6) is 0 Å². The summed E-state index contributed by atoms with van der Waals surface area (Å²) in [5.41, 5.74) is 0.720. The second-order valence-corrected chi connectivity index (χ2v) is 6.32. The molecule has 2 aromatic rings. The van der Waals surface area contributed by atoms with E-state index in [4.69, 9.17) is 4.42 Å². The van der Waals surface area contributed by atoms with Crippen LogP contribution in [0.4, 0.5) is 0 Å². The van der Waals surface area contributed by atoms with E-state index in [1.54, 1.807) is 4.90 Å². The number of nitrogens with zero attached hydrogens (tertiary/aromatic N) is 2. The van der Waals surface area contributed by atoms with Crippen molar-refractivity contribution in [3.05, 3.63) is 28.5 Å². The number of thiazole rings is 1. The van der Waals surface area contributed by atoms with Gasteiger partial charge in [0.05, 0.1) is 18.3 Å². The van der Waals surface area contributed by atoms with Crippen molar-refractivity contribution in [1.82, 2.24) is 9.88 Å². The first-order valence-electron chi connectivity index (χ1n) is 7.06. The normalized spacial score (nSPS) is 18.4. The Kier molecular flexibility index (Phi) is 3.82. The Labute approximate surface area is 127 Å². The molecule has 1 atom stereocenters. The molecule has 3 rings (SSSR count). The van der Waals surface area contributed by atoms with Crippen LogP contribution in [0, 0.1) is 13.8 Å². The van der Waals surface area contributed by atoms with Crippen LogP contribution in [0.25, 0.3) is 10.8 Å². The van der Waals surface area contributed by atoms with Crippen molar-refractivity contribution in [2.75, 3.05) is 13.2 Å². The van der Waals surface area contributed by atoms with E-state index in [0.29, 0.717) is 17.2 Å². The Bertz CT molecular complexity index is 662. The third-order valence-corrected chi connectivity index (χ3v) is 4.95. The first kappa shape index (κ1) is 14.3. The number of furan rings is 1. The van der Waals surface area contributed by atoms with Gasteiger partial charge in [0.15, 0.2) is 10.8 Å². The molecule has 6 heteroatoms. The van der Waals surface area contributed by atoms with Crippen LogP contribution in [0.1, 0.15) is 34.0 Å². The van der Waals surface area contributed by atoms with Gasteiger partial charge >= 0.3 is 0 Å². The lowest BCUT2D eigenvalue weighted by atomic mass is 10.2. The molecule has 5 nitrogen and oxygen atoms in total. The summed E-state index contributed by atoms with van der Waals surface area (Å²) in [6.07, 6.45) is 1.81. The van der Waals surface area contributed by atoms with E-state index in [9.17, 15) is 9.90 Å². The minimum absolute atomic E-state index is 0.0217. The number of amides is 1. The minimum Gasteiger partial charge on any atom is -0.459 e. The highest BCUT2D eigenvalue weighted by Gasteiger charge is 2.31. The molecule has 0 bridgehead atoms. The summed E-state index contributed by atoms with van der Waals surface area (Å²) in [7, 11) is 0. The molecular weight excluding hydrogens is 288 g/mol. The Hall–Kier alpha value is -1.66. The molecular formula is C15H18N2O3S. The van der Waals surface area contributed by atoms with Crippen LogP contribution < -0.4 is 0 Å². The van der Waals surface area contributed by atoms with E-state index in [1.807, 2.05) is 26.0 Å². The third-order valence-electron chi connectivity index (χ3n) is 3.79. The summed E-state index contributed by atoms with van der Waals surface area (Å²) in [6.45, 7) is 4.45. The van der Waals surface area contributed by atoms with Crippen LogP contribution in [-0.4, -0.2) is 40.1 Å². The van der Waals surface area contributed by atoms with Crippen LogP contribution in [0.3, 0.4) is 0 Å². The quantitative estimate of drug-likeness (QED) is 0.946. The predicted molar refractivity (Wildman–Crippen MR) is 80.4 cm³/mol. The maximum Gasteiger partial charge on any atom is 0.266 e. The predicted octanol–water partition coefficient (Wildman–Crippen LogP) is 2.62. The average Bonchev–Trinajstić information content (AvgIpc) is 3.16. The molecule has 1 fully saturated rings. The summed E-state index contributed by atoms with van der Waals surface area (Å²) in [6, 6.07) is 3.69. The van der Waals surface area contributed by atoms with E-state index in [2.05, 4.69) is 4.98 Å². The third kappa shape index (κ3) is 2.61. The number of carbonyl (C=O) groups excluding carboxylic acids is 1. The molecule has 0 radical (unpaired) electrons. The lowest BCUT2D eigenvalue weighted by molar-refractivity contribution is 0.0681. The molecule has 1 amide bonds. The summed E-state index contributed by atoms with van der Waals surface area (Å²) < 4.78 is 5.57. The lowest BCUT2D eigenvalue weighted by Crippen LogP contribution is -2.37. The molecule has 1 aliphatic rings. The van der Waals surface area contributed by atoms with Crippen molar-refractivity contribution in [3.8, 4) is 10.8 Å². The van der Waals surface area contributed by atoms with Gasteiger partial charge in [0.1, 0.15) is 10.6 Å².